The molecule has 2 aromatic carbocycles. The Bertz CT molecular complexity index is 531. The number of hydrazine groups is 1. The third kappa shape index (κ3) is 3.92. The molecule has 0 aliphatic rings. The predicted octanol–water partition coefficient (Wildman–Crippen LogP) is 3.69. The molecule has 2 heteroatoms. The summed E-state index contributed by atoms with van der Waals surface area (Å²) in [6, 6.07) is 17.6. The second kappa shape index (κ2) is 7.22. The van der Waals surface area contributed by atoms with Crippen molar-refractivity contribution in [3.63, 3.8) is 0 Å². The average Bonchev–Trinajstić information content (AvgIpc) is 2.50. The molecule has 0 aromatic heterocycles. The Balaban J connectivity index is 2.03. The molecule has 0 aliphatic carbocycles. The van der Waals surface area contributed by atoms with Crippen LogP contribution in [0.1, 0.15) is 41.6 Å². The molecule has 0 radical (unpaired) electrons. The standard InChI is InChI=1S/C18H24N2/c1-3-15-5-4-6-17(13-15)18(20-19)12-11-16-9-7-14(2)8-10-16/h4-10,13,18,20H,3,11-12,19H2,1-2H3. The average molecular weight is 268 g/mol. The lowest BCUT2D eigenvalue weighted by Crippen LogP contribution is -2.28. The minimum absolute atomic E-state index is 0.211. The van der Waals surface area contributed by atoms with Crippen LogP contribution in [0.15, 0.2) is 48.5 Å². The Kier molecular flexibility index (Phi) is 5.33. The van der Waals surface area contributed by atoms with Gasteiger partial charge in [-0.15, -0.1) is 0 Å². The van der Waals surface area contributed by atoms with Crippen molar-refractivity contribution in [2.24, 2.45) is 5.84 Å². The second-order valence-electron chi connectivity index (χ2n) is 5.34. The number of hydrogen-bond acceptors (Lipinski definition) is 2. The van der Waals surface area contributed by atoms with Crippen LogP contribution in [0.2, 0.25) is 0 Å². The summed E-state index contributed by atoms with van der Waals surface area (Å²) >= 11 is 0. The topological polar surface area (TPSA) is 38.0 Å². The quantitative estimate of drug-likeness (QED) is 0.619. The van der Waals surface area contributed by atoms with Gasteiger partial charge in [0.05, 0.1) is 0 Å². The van der Waals surface area contributed by atoms with Crippen molar-refractivity contribution in [2.45, 2.75) is 39.2 Å². The summed E-state index contributed by atoms with van der Waals surface area (Å²) in [6.07, 6.45) is 3.10. The van der Waals surface area contributed by atoms with E-state index in [-0.39, 0.29) is 6.04 Å². The third-order valence-electron chi connectivity index (χ3n) is 3.81. The fourth-order valence-corrected chi connectivity index (χ4v) is 2.44. The fourth-order valence-electron chi connectivity index (χ4n) is 2.44. The summed E-state index contributed by atoms with van der Waals surface area (Å²) in [5.41, 5.74) is 8.25. The zero-order chi connectivity index (χ0) is 14.4. The molecule has 20 heavy (non-hydrogen) atoms. The highest BCUT2D eigenvalue weighted by Crippen LogP contribution is 2.20. The van der Waals surface area contributed by atoms with E-state index in [0.29, 0.717) is 0 Å². The van der Waals surface area contributed by atoms with E-state index in [0.717, 1.165) is 19.3 Å². The molecule has 0 saturated heterocycles. The van der Waals surface area contributed by atoms with E-state index in [2.05, 4.69) is 67.8 Å². The molecule has 2 nitrogen and oxygen atoms in total. The summed E-state index contributed by atoms with van der Waals surface area (Å²) in [5, 5.41) is 0. The van der Waals surface area contributed by atoms with Crippen molar-refractivity contribution >= 4 is 0 Å². The van der Waals surface area contributed by atoms with E-state index >= 15 is 0 Å². The smallest absolute Gasteiger partial charge is 0.0463 e. The molecule has 1 unspecified atom stereocenters. The maximum Gasteiger partial charge on any atom is 0.0463 e. The normalized spacial score (nSPS) is 12.3. The molecule has 2 aromatic rings. The number of hydrogen-bond donors (Lipinski definition) is 2. The predicted molar refractivity (Wildman–Crippen MR) is 85.4 cm³/mol. The number of nitrogens with two attached hydrogens (primary N) is 1. The van der Waals surface area contributed by atoms with Gasteiger partial charge in [0.25, 0.3) is 0 Å². The van der Waals surface area contributed by atoms with Gasteiger partial charge in [-0.3, -0.25) is 11.3 Å². The van der Waals surface area contributed by atoms with Crippen LogP contribution in [0, 0.1) is 6.92 Å². The first-order valence-electron chi connectivity index (χ1n) is 7.33. The molecule has 0 saturated carbocycles. The van der Waals surface area contributed by atoms with E-state index in [4.69, 9.17) is 5.84 Å². The number of aryl methyl sites for hydroxylation is 3. The van der Waals surface area contributed by atoms with Crippen LogP contribution in [0.3, 0.4) is 0 Å². The highest BCUT2D eigenvalue weighted by molar-refractivity contribution is 5.27. The maximum absolute atomic E-state index is 5.73. The molecule has 0 amide bonds. The van der Waals surface area contributed by atoms with Gasteiger partial charge in [0.15, 0.2) is 0 Å². The number of benzene rings is 2. The third-order valence-corrected chi connectivity index (χ3v) is 3.81. The highest BCUT2D eigenvalue weighted by Gasteiger charge is 2.10. The molecule has 0 spiro atoms. The van der Waals surface area contributed by atoms with Crippen LogP contribution in [-0.2, 0) is 12.8 Å². The molecule has 0 heterocycles. The monoisotopic (exact) mass is 268 g/mol. The summed E-state index contributed by atoms with van der Waals surface area (Å²) in [7, 11) is 0. The van der Waals surface area contributed by atoms with E-state index < -0.39 is 0 Å². The van der Waals surface area contributed by atoms with E-state index in [1.165, 1.54) is 22.3 Å². The number of nitrogens with one attached hydrogen (secondary N) is 1. The summed E-state index contributed by atoms with van der Waals surface area (Å²) in [5.74, 6) is 5.73. The molecule has 0 aliphatic heterocycles. The van der Waals surface area contributed by atoms with Gasteiger partial charge in [0.2, 0.25) is 0 Å². The van der Waals surface area contributed by atoms with Gasteiger partial charge < -0.3 is 0 Å². The molecular weight excluding hydrogens is 244 g/mol. The Morgan fingerprint density at radius 2 is 1.80 bits per heavy atom. The van der Waals surface area contributed by atoms with Gasteiger partial charge >= 0.3 is 0 Å². The number of rotatable bonds is 6. The largest absolute Gasteiger partial charge is 0.271 e. The summed E-state index contributed by atoms with van der Waals surface area (Å²) in [4.78, 5) is 0. The first kappa shape index (κ1) is 14.8. The highest BCUT2D eigenvalue weighted by atomic mass is 15.2. The SMILES string of the molecule is CCc1cccc(C(CCc2ccc(C)cc2)NN)c1. The van der Waals surface area contributed by atoms with Gasteiger partial charge in [-0.1, -0.05) is 61.0 Å². The summed E-state index contributed by atoms with van der Waals surface area (Å²) in [6.45, 7) is 4.29. The van der Waals surface area contributed by atoms with Crippen LogP contribution in [0.4, 0.5) is 0 Å². The van der Waals surface area contributed by atoms with Crippen molar-refractivity contribution in [1.82, 2.24) is 5.43 Å². The lowest BCUT2D eigenvalue weighted by Gasteiger charge is -2.17. The van der Waals surface area contributed by atoms with Crippen molar-refractivity contribution in [1.29, 1.82) is 0 Å². The Labute approximate surface area is 122 Å². The zero-order valence-electron chi connectivity index (χ0n) is 12.4. The van der Waals surface area contributed by atoms with Crippen molar-refractivity contribution in [3.8, 4) is 0 Å². The van der Waals surface area contributed by atoms with E-state index in [1.807, 2.05) is 0 Å². The van der Waals surface area contributed by atoms with Gasteiger partial charge in [-0.05, 0) is 42.9 Å². The van der Waals surface area contributed by atoms with Crippen LogP contribution < -0.4 is 11.3 Å². The Morgan fingerprint density at radius 1 is 1.05 bits per heavy atom. The zero-order valence-corrected chi connectivity index (χ0v) is 12.4. The Hall–Kier alpha value is -1.64. The second-order valence-corrected chi connectivity index (χ2v) is 5.34. The molecule has 0 fully saturated rings. The summed E-state index contributed by atoms with van der Waals surface area (Å²) < 4.78 is 0. The molecule has 1 atom stereocenters. The van der Waals surface area contributed by atoms with Crippen molar-refractivity contribution in [2.75, 3.05) is 0 Å². The Morgan fingerprint density at radius 3 is 2.45 bits per heavy atom. The first-order valence-corrected chi connectivity index (χ1v) is 7.33. The molecular formula is C18H24N2. The van der Waals surface area contributed by atoms with Crippen LogP contribution in [0.25, 0.3) is 0 Å². The van der Waals surface area contributed by atoms with Gasteiger partial charge in [-0.25, -0.2) is 0 Å². The van der Waals surface area contributed by atoms with Crippen molar-refractivity contribution < 1.29 is 0 Å². The maximum atomic E-state index is 5.73. The van der Waals surface area contributed by atoms with Gasteiger partial charge in [0.1, 0.15) is 0 Å². The molecule has 3 N–H and O–H groups in total. The molecule has 2 rings (SSSR count). The van der Waals surface area contributed by atoms with Crippen LogP contribution in [0.5, 0.6) is 0 Å². The lowest BCUT2D eigenvalue weighted by atomic mass is 9.97. The van der Waals surface area contributed by atoms with Crippen LogP contribution >= 0.6 is 0 Å². The van der Waals surface area contributed by atoms with E-state index in [1.54, 1.807) is 0 Å². The van der Waals surface area contributed by atoms with Gasteiger partial charge in [0, 0.05) is 6.04 Å². The minimum Gasteiger partial charge on any atom is -0.271 e. The van der Waals surface area contributed by atoms with Gasteiger partial charge in [-0.2, -0.15) is 0 Å². The minimum atomic E-state index is 0.211. The van der Waals surface area contributed by atoms with E-state index in [9.17, 15) is 0 Å². The molecule has 0 bridgehead atoms. The molecule has 106 valence electrons. The van der Waals surface area contributed by atoms with Crippen molar-refractivity contribution in [3.05, 3.63) is 70.8 Å². The van der Waals surface area contributed by atoms with Crippen LogP contribution in [-0.4, -0.2) is 0 Å². The lowest BCUT2D eigenvalue weighted by molar-refractivity contribution is 0.516. The fraction of sp³-hybridized carbons (Fsp3) is 0.333. The first-order chi connectivity index (χ1) is 9.72.